The smallest absolute Gasteiger partial charge is 0.217 e. The standard InChI is InChI=1S/C10H14FN3O2/c1-7-10(15,2-3-16-7)5-12-9-4-8(11)13-6-14-9/h4,6-7,15H,2-3,5H2,1H3,(H,12,13,14). The van der Waals surface area contributed by atoms with E-state index in [1.54, 1.807) is 0 Å². The molecule has 6 heteroatoms. The van der Waals surface area contributed by atoms with E-state index in [9.17, 15) is 9.50 Å². The van der Waals surface area contributed by atoms with Crippen molar-refractivity contribution in [1.29, 1.82) is 0 Å². The second-order valence-electron chi connectivity index (χ2n) is 3.95. The van der Waals surface area contributed by atoms with E-state index in [-0.39, 0.29) is 12.6 Å². The van der Waals surface area contributed by atoms with E-state index in [1.165, 1.54) is 6.07 Å². The predicted molar refractivity (Wildman–Crippen MR) is 55.5 cm³/mol. The van der Waals surface area contributed by atoms with Crippen molar-refractivity contribution in [2.24, 2.45) is 0 Å². The van der Waals surface area contributed by atoms with Crippen LogP contribution in [-0.4, -0.2) is 39.9 Å². The molecule has 2 rings (SSSR count). The van der Waals surface area contributed by atoms with Crippen LogP contribution in [0.25, 0.3) is 0 Å². The molecule has 0 aliphatic carbocycles. The number of anilines is 1. The zero-order valence-corrected chi connectivity index (χ0v) is 8.98. The lowest BCUT2D eigenvalue weighted by atomic mass is 9.97. The summed E-state index contributed by atoms with van der Waals surface area (Å²) in [6.45, 7) is 2.64. The highest BCUT2D eigenvalue weighted by molar-refractivity contribution is 5.32. The van der Waals surface area contributed by atoms with Crippen LogP contribution >= 0.6 is 0 Å². The van der Waals surface area contributed by atoms with Gasteiger partial charge < -0.3 is 15.2 Å². The maximum absolute atomic E-state index is 12.8. The quantitative estimate of drug-likeness (QED) is 0.739. The lowest BCUT2D eigenvalue weighted by molar-refractivity contribution is -0.0176. The molecule has 0 amide bonds. The first kappa shape index (κ1) is 11.2. The molecule has 1 aliphatic rings. The van der Waals surface area contributed by atoms with Gasteiger partial charge >= 0.3 is 0 Å². The van der Waals surface area contributed by atoms with Crippen molar-refractivity contribution < 1.29 is 14.2 Å². The number of hydrogen-bond acceptors (Lipinski definition) is 5. The Hall–Kier alpha value is -1.27. The SMILES string of the molecule is CC1OCCC1(O)CNc1cc(F)ncn1. The molecule has 0 bridgehead atoms. The van der Waals surface area contributed by atoms with Gasteiger partial charge in [-0.3, -0.25) is 0 Å². The molecule has 88 valence electrons. The van der Waals surface area contributed by atoms with E-state index in [4.69, 9.17) is 4.74 Å². The highest BCUT2D eigenvalue weighted by atomic mass is 19.1. The van der Waals surface area contributed by atoms with Gasteiger partial charge in [0, 0.05) is 25.6 Å². The van der Waals surface area contributed by atoms with Crippen molar-refractivity contribution in [3.63, 3.8) is 0 Å². The van der Waals surface area contributed by atoms with Gasteiger partial charge in [0.2, 0.25) is 5.95 Å². The molecule has 0 spiro atoms. The number of aromatic nitrogens is 2. The van der Waals surface area contributed by atoms with E-state index in [2.05, 4.69) is 15.3 Å². The van der Waals surface area contributed by atoms with Crippen LogP contribution in [0.2, 0.25) is 0 Å². The van der Waals surface area contributed by atoms with Crippen molar-refractivity contribution in [2.45, 2.75) is 25.0 Å². The second-order valence-corrected chi connectivity index (χ2v) is 3.95. The van der Waals surface area contributed by atoms with Crippen molar-refractivity contribution in [3.8, 4) is 0 Å². The van der Waals surface area contributed by atoms with Crippen LogP contribution in [-0.2, 0) is 4.74 Å². The van der Waals surface area contributed by atoms with E-state index < -0.39 is 11.5 Å². The summed E-state index contributed by atoms with van der Waals surface area (Å²) in [6, 6.07) is 1.18. The van der Waals surface area contributed by atoms with Crippen LogP contribution in [0.5, 0.6) is 0 Å². The summed E-state index contributed by atoms with van der Waals surface area (Å²) in [4.78, 5) is 7.19. The third kappa shape index (κ3) is 2.28. The third-order valence-electron chi connectivity index (χ3n) is 2.87. The summed E-state index contributed by atoms with van der Waals surface area (Å²) in [6.07, 6.45) is 1.47. The van der Waals surface area contributed by atoms with Crippen molar-refractivity contribution in [3.05, 3.63) is 18.3 Å². The van der Waals surface area contributed by atoms with Gasteiger partial charge in [-0.05, 0) is 6.92 Å². The van der Waals surface area contributed by atoms with Gasteiger partial charge in [-0.2, -0.15) is 4.39 Å². The first-order chi connectivity index (χ1) is 7.60. The molecular weight excluding hydrogens is 213 g/mol. The zero-order chi connectivity index (χ0) is 11.6. The fourth-order valence-corrected chi connectivity index (χ4v) is 1.68. The molecule has 0 saturated carbocycles. The average Bonchev–Trinajstić information content (AvgIpc) is 2.58. The summed E-state index contributed by atoms with van der Waals surface area (Å²) >= 11 is 0. The first-order valence-corrected chi connectivity index (χ1v) is 5.15. The van der Waals surface area contributed by atoms with Crippen LogP contribution in [0.15, 0.2) is 12.4 Å². The maximum Gasteiger partial charge on any atom is 0.217 e. The van der Waals surface area contributed by atoms with Crippen molar-refractivity contribution in [2.75, 3.05) is 18.5 Å². The molecule has 1 saturated heterocycles. The molecule has 2 heterocycles. The number of aliphatic hydroxyl groups is 1. The van der Waals surface area contributed by atoms with Crippen molar-refractivity contribution in [1.82, 2.24) is 9.97 Å². The highest BCUT2D eigenvalue weighted by Crippen LogP contribution is 2.25. The van der Waals surface area contributed by atoms with Gasteiger partial charge in [0.15, 0.2) is 0 Å². The Balaban J connectivity index is 1.97. The number of hydrogen-bond donors (Lipinski definition) is 2. The van der Waals surface area contributed by atoms with E-state index in [0.29, 0.717) is 18.8 Å². The number of nitrogens with one attached hydrogen (secondary N) is 1. The molecule has 1 aromatic heterocycles. The van der Waals surface area contributed by atoms with Gasteiger partial charge in [0.05, 0.1) is 6.10 Å². The Bertz CT molecular complexity index is 377. The van der Waals surface area contributed by atoms with E-state index >= 15 is 0 Å². The predicted octanol–water partition coefficient (Wildman–Crippen LogP) is 0.568. The molecule has 2 atom stereocenters. The monoisotopic (exact) mass is 227 g/mol. The fourth-order valence-electron chi connectivity index (χ4n) is 1.68. The molecular formula is C10H14FN3O2. The Morgan fingerprint density at radius 3 is 3.12 bits per heavy atom. The number of halogens is 1. The topological polar surface area (TPSA) is 67.3 Å². The second kappa shape index (κ2) is 4.31. The van der Waals surface area contributed by atoms with Crippen LogP contribution in [0.4, 0.5) is 10.2 Å². The van der Waals surface area contributed by atoms with Crippen LogP contribution in [0.3, 0.4) is 0 Å². The summed E-state index contributed by atoms with van der Waals surface area (Å²) in [5.74, 6) is -0.236. The van der Waals surface area contributed by atoms with Crippen LogP contribution < -0.4 is 5.32 Å². The summed E-state index contributed by atoms with van der Waals surface area (Å²) < 4.78 is 18.0. The molecule has 1 aromatic rings. The Kier molecular flexibility index (Phi) is 3.02. The largest absolute Gasteiger partial charge is 0.385 e. The molecule has 2 N–H and O–H groups in total. The molecule has 5 nitrogen and oxygen atoms in total. The maximum atomic E-state index is 12.8. The van der Waals surface area contributed by atoms with Crippen LogP contribution in [0.1, 0.15) is 13.3 Å². The highest BCUT2D eigenvalue weighted by Gasteiger charge is 2.39. The fraction of sp³-hybridized carbons (Fsp3) is 0.600. The van der Waals surface area contributed by atoms with Gasteiger partial charge in [-0.15, -0.1) is 0 Å². The van der Waals surface area contributed by atoms with Gasteiger partial charge in [-0.25, -0.2) is 9.97 Å². The Morgan fingerprint density at radius 2 is 2.50 bits per heavy atom. The summed E-state index contributed by atoms with van der Waals surface area (Å²) in [5, 5.41) is 13.0. The number of nitrogens with zero attached hydrogens (tertiary/aromatic N) is 2. The molecule has 0 aromatic carbocycles. The molecule has 0 radical (unpaired) electrons. The zero-order valence-electron chi connectivity index (χ0n) is 8.98. The minimum Gasteiger partial charge on any atom is -0.385 e. The third-order valence-corrected chi connectivity index (χ3v) is 2.87. The van der Waals surface area contributed by atoms with Gasteiger partial charge in [0.25, 0.3) is 0 Å². The Labute approximate surface area is 92.7 Å². The molecule has 2 unspecified atom stereocenters. The molecule has 16 heavy (non-hydrogen) atoms. The minimum absolute atomic E-state index is 0.230. The summed E-state index contributed by atoms with van der Waals surface area (Å²) in [7, 11) is 0. The normalized spacial score (nSPS) is 29.3. The number of rotatable bonds is 3. The van der Waals surface area contributed by atoms with Crippen molar-refractivity contribution >= 4 is 5.82 Å². The first-order valence-electron chi connectivity index (χ1n) is 5.15. The molecule has 1 aliphatic heterocycles. The average molecular weight is 227 g/mol. The van der Waals surface area contributed by atoms with E-state index in [0.717, 1.165) is 6.33 Å². The lowest BCUT2D eigenvalue weighted by Gasteiger charge is -2.26. The molecule has 1 fully saturated rings. The lowest BCUT2D eigenvalue weighted by Crippen LogP contribution is -2.43. The number of ether oxygens (including phenoxy) is 1. The van der Waals surface area contributed by atoms with Gasteiger partial charge in [-0.1, -0.05) is 0 Å². The van der Waals surface area contributed by atoms with Gasteiger partial charge in [0.1, 0.15) is 17.7 Å². The minimum atomic E-state index is -0.915. The van der Waals surface area contributed by atoms with Crippen LogP contribution in [0, 0.1) is 5.95 Å². The summed E-state index contributed by atoms with van der Waals surface area (Å²) in [5.41, 5.74) is -0.915. The Morgan fingerprint density at radius 1 is 1.69 bits per heavy atom. The van der Waals surface area contributed by atoms with E-state index in [1.807, 2.05) is 6.92 Å².